The van der Waals surface area contributed by atoms with Crippen molar-refractivity contribution in [2.45, 2.75) is 13.3 Å². The lowest BCUT2D eigenvalue weighted by atomic mass is 9.89. The van der Waals surface area contributed by atoms with Crippen LogP contribution in [0.25, 0.3) is 0 Å². The highest BCUT2D eigenvalue weighted by atomic mass is 16.2. The molecular weight excluding hydrogens is 234 g/mol. The number of hydrogen-bond acceptors (Lipinski definition) is 4. The number of anilines is 1. The number of carbonyl (C=O) groups excluding carboxylic acids is 2. The molecule has 2 amide bonds. The molecule has 0 aromatic carbocycles. The Morgan fingerprint density at radius 1 is 1.61 bits per heavy atom. The maximum atomic E-state index is 12.1. The molecule has 1 aromatic rings. The molecule has 18 heavy (non-hydrogen) atoms. The highest BCUT2D eigenvalue weighted by molar-refractivity contribution is 5.94. The molecule has 98 valence electrons. The van der Waals surface area contributed by atoms with E-state index in [0.717, 1.165) is 0 Å². The number of nitrogens with two attached hydrogens (primary N) is 1. The van der Waals surface area contributed by atoms with E-state index in [4.69, 9.17) is 5.73 Å². The van der Waals surface area contributed by atoms with Crippen LogP contribution in [-0.2, 0) is 4.79 Å². The van der Waals surface area contributed by atoms with E-state index < -0.39 is 5.41 Å². The molecule has 7 heteroatoms. The second-order valence-corrected chi connectivity index (χ2v) is 4.82. The number of hydrogen-bond donors (Lipinski definition) is 3. The van der Waals surface area contributed by atoms with Crippen molar-refractivity contribution >= 4 is 17.6 Å². The summed E-state index contributed by atoms with van der Waals surface area (Å²) in [5, 5.41) is 8.94. The van der Waals surface area contributed by atoms with E-state index >= 15 is 0 Å². The highest BCUT2D eigenvalue weighted by Gasteiger charge is 2.41. The van der Waals surface area contributed by atoms with Gasteiger partial charge in [-0.3, -0.25) is 14.7 Å². The molecule has 1 aliphatic rings. The molecule has 1 fully saturated rings. The zero-order valence-electron chi connectivity index (χ0n) is 10.5. The normalized spacial score (nSPS) is 23.1. The first-order valence-electron chi connectivity index (χ1n) is 5.78. The van der Waals surface area contributed by atoms with Gasteiger partial charge in [-0.1, -0.05) is 0 Å². The lowest BCUT2D eigenvalue weighted by Gasteiger charge is -2.22. The van der Waals surface area contributed by atoms with Crippen LogP contribution in [-0.4, -0.2) is 47.0 Å². The fourth-order valence-electron chi connectivity index (χ4n) is 2.24. The van der Waals surface area contributed by atoms with Crippen LogP contribution >= 0.6 is 0 Å². The third kappa shape index (κ3) is 2.03. The summed E-state index contributed by atoms with van der Waals surface area (Å²) in [5.41, 5.74) is 5.30. The molecule has 1 unspecified atom stereocenters. The maximum absolute atomic E-state index is 12.1. The SMILES string of the molecule is CNC(=O)C1(C)CCN(C(=O)c2cc(N)n[nH]2)C1. The number of likely N-dealkylation sites (tertiary alicyclic amines) is 1. The average molecular weight is 251 g/mol. The number of amides is 2. The summed E-state index contributed by atoms with van der Waals surface area (Å²) in [6.07, 6.45) is 0.655. The Bertz CT molecular complexity index is 484. The second-order valence-electron chi connectivity index (χ2n) is 4.82. The molecule has 1 saturated heterocycles. The summed E-state index contributed by atoms with van der Waals surface area (Å²) in [6.45, 7) is 2.83. The number of H-pyrrole nitrogens is 1. The summed E-state index contributed by atoms with van der Waals surface area (Å²) in [6, 6.07) is 1.50. The first-order valence-corrected chi connectivity index (χ1v) is 5.78. The van der Waals surface area contributed by atoms with Crippen LogP contribution in [0.4, 0.5) is 5.82 Å². The van der Waals surface area contributed by atoms with Gasteiger partial charge in [0.05, 0.1) is 5.41 Å². The van der Waals surface area contributed by atoms with Gasteiger partial charge >= 0.3 is 0 Å². The minimum absolute atomic E-state index is 0.0399. The molecule has 0 radical (unpaired) electrons. The van der Waals surface area contributed by atoms with E-state index in [9.17, 15) is 9.59 Å². The lowest BCUT2D eigenvalue weighted by Crippen LogP contribution is -2.40. The van der Waals surface area contributed by atoms with Crippen LogP contribution in [0.3, 0.4) is 0 Å². The molecule has 2 rings (SSSR count). The van der Waals surface area contributed by atoms with Gasteiger partial charge < -0.3 is 16.0 Å². The summed E-state index contributed by atoms with van der Waals surface area (Å²) < 4.78 is 0. The average Bonchev–Trinajstić information content (AvgIpc) is 2.95. The molecule has 0 bridgehead atoms. The lowest BCUT2D eigenvalue weighted by molar-refractivity contribution is -0.128. The summed E-state index contributed by atoms with van der Waals surface area (Å²) in [7, 11) is 1.60. The Balaban J connectivity index is 2.09. The minimum atomic E-state index is -0.518. The van der Waals surface area contributed by atoms with Crippen LogP contribution < -0.4 is 11.1 Å². The van der Waals surface area contributed by atoms with E-state index in [1.54, 1.807) is 11.9 Å². The van der Waals surface area contributed by atoms with Crippen LogP contribution in [0.15, 0.2) is 6.07 Å². The molecule has 1 aliphatic heterocycles. The molecule has 7 nitrogen and oxygen atoms in total. The van der Waals surface area contributed by atoms with E-state index in [1.807, 2.05) is 6.92 Å². The first kappa shape index (κ1) is 12.4. The van der Waals surface area contributed by atoms with Gasteiger partial charge in [0.1, 0.15) is 11.5 Å². The van der Waals surface area contributed by atoms with E-state index in [1.165, 1.54) is 6.07 Å². The van der Waals surface area contributed by atoms with Crippen molar-refractivity contribution in [1.29, 1.82) is 0 Å². The summed E-state index contributed by atoms with van der Waals surface area (Å²) >= 11 is 0. The van der Waals surface area contributed by atoms with Crippen molar-refractivity contribution in [2.24, 2.45) is 5.41 Å². The zero-order valence-corrected chi connectivity index (χ0v) is 10.5. The molecule has 0 aliphatic carbocycles. The van der Waals surface area contributed by atoms with Crippen LogP contribution in [0.2, 0.25) is 0 Å². The largest absolute Gasteiger partial charge is 0.382 e. The first-order chi connectivity index (χ1) is 8.46. The van der Waals surface area contributed by atoms with Gasteiger partial charge in [-0.25, -0.2) is 0 Å². The Kier molecular flexibility index (Phi) is 2.98. The van der Waals surface area contributed by atoms with Crippen molar-refractivity contribution in [3.05, 3.63) is 11.8 Å². The third-order valence-corrected chi connectivity index (χ3v) is 3.36. The second kappa shape index (κ2) is 4.32. The predicted octanol–water partition coefficient (Wildman–Crippen LogP) is -0.410. The minimum Gasteiger partial charge on any atom is -0.382 e. The van der Waals surface area contributed by atoms with E-state index in [0.29, 0.717) is 25.2 Å². The molecule has 1 aromatic heterocycles. The summed E-state index contributed by atoms with van der Waals surface area (Å²) in [5.74, 6) is 0.0698. The van der Waals surface area contributed by atoms with Crippen molar-refractivity contribution in [3.8, 4) is 0 Å². The monoisotopic (exact) mass is 251 g/mol. The molecule has 4 N–H and O–H groups in total. The Hall–Kier alpha value is -2.05. The zero-order chi connectivity index (χ0) is 13.3. The molecule has 2 heterocycles. The maximum Gasteiger partial charge on any atom is 0.271 e. The van der Waals surface area contributed by atoms with Gasteiger partial charge in [-0.05, 0) is 13.3 Å². The van der Waals surface area contributed by atoms with Crippen molar-refractivity contribution < 1.29 is 9.59 Å². The fourth-order valence-corrected chi connectivity index (χ4v) is 2.24. The third-order valence-electron chi connectivity index (χ3n) is 3.36. The standard InChI is InChI=1S/C11H17N5O2/c1-11(10(18)13-2)3-4-16(6-11)9(17)7-5-8(12)15-14-7/h5H,3-4,6H2,1-2H3,(H,13,18)(H3,12,14,15). The van der Waals surface area contributed by atoms with Gasteiger partial charge in [0.25, 0.3) is 5.91 Å². The van der Waals surface area contributed by atoms with Gasteiger partial charge in [-0.2, -0.15) is 5.10 Å². The molecule has 0 saturated carbocycles. The van der Waals surface area contributed by atoms with E-state index in [-0.39, 0.29) is 17.6 Å². The number of nitrogens with zero attached hydrogens (tertiary/aromatic N) is 2. The smallest absolute Gasteiger partial charge is 0.271 e. The van der Waals surface area contributed by atoms with E-state index in [2.05, 4.69) is 15.5 Å². The van der Waals surface area contributed by atoms with Gasteiger partial charge in [0, 0.05) is 26.2 Å². The molecule has 0 spiro atoms. The fraction of sp³-hybridized carbons (Fsp3) is 0.545. The Morgan fingerprint density at radius 2 is 2.33 bits per heavy atom. The van der Waals surface area contributed by atoms with Crippen LogP contribution in [0.1, 0.15) is 23.8 Å². The summed E-state index contributed by atoms with van der Waals surface area (Å²) in [4.78, 5) is 25.5. The predicted molar refractivity (Wildman–Crippen MR) is 65.7 cm³/mol. The quantitative estimate of drug-likeness (QED) is 0.664. The number of aromatic amines is 1. The number of nitrogen functional groups attached to an aromatic ring is 1. The molecule has 1 atom stereocenters. The number of aromatic nitrogens is 2. The highest BCUT2D eigenvalue weighted by Crippen LogP contribution is 2.30. The van der Waals surface area contributed by atoms with Crippen LogP contribution in [0.5, 0.6) is 0 Å². The van der Waals surface area contributed by atoms with Crippen molar-refractivity contribution in [2.75, 3.05) is 25.9 Å². The van der Waals surface area contributed by atoms with Gasteiger partial charge in [-0.15, -0.1) is 0 Å². The molecular formula is C11H17N5O2. The number of rotatable bonds is 2. The van der Waals surface area contributed by atoms with Crippen molar-refractivity contribution in [1.82, 2.24) is 20.4 Å². The number of carbonyl (C=O) groups is 2. The van der Waals surface area contributed by atoms with Gasteiger partial charge in [0.2, 0.25) is 5.91 Å². The number of nitrogens with one attached hydrogen (secondary N) is 2. The van der Waals surface area contributed by atoms with Gasteiger partial charge in [0.15, 0.2) is 0 Å². The Morgan fingerprint density at radius 3 is 2.89 bits per heavy atom. The topological polar surface area (TPSA) is 104 Å². The van der Waals surface area contributed by atoms with Crippen molar-refractivity contribution in [3.63, 3.8) is 0 Å². The van der Waals surface area contributed by atoms with Crippen LogP contribution in [0, 0.1) is 5.41 Å². The Labute approximate surface area is 105 Å².